The molecule has 0 spiro atoms. The van der Waals surface area contributed by atoms with Gasteiger partial charge in [0.15, 0.2) is 0 Å². The molecule has 0 aliphatic carbocycles. The molecule has 24 heavy (non-hydrogen) atoms. The van der Waals surface area contributed by atoms with Crippen molar-refractivity contribution in [1.82, 2.24) is 15.8 Å². The van der Waals surface area contributed by atoms with Crippen molar-refractivity contribution in [2.24, 2.45) is 11.8 Å². The van der Waals surface area contributed by atoms with E-state index in [9.17, 15) is 14.7 Å². The Balaban J connectivity index is 1.63. The first-order chi connectivity index (χ1) is 11.4. The lowest BCUT2D eigenvalue weighted by Gasteiger charge is -2.36. The molecule has 0 radical (unpaired) electrons. The summed E-state index contributed by atoms with van der Waals surface area (Å²) in [6.45, 7) is 2.93. The van der Waals surface area contributed by atoms with E-state index < -0.39 is 11.9 Å². The Labute approximate surface area is 149 Å². The Morgan fingerprint density at radius 1 is 1.17 bits per heavy atom. The minimum Gasteiger partial charge on any atom is -0.481 e. The minimum absolute atomic E-state index is 0.0140. The molecule has 1 amide bonds. The average molecular weight is 396 g/mol. The third kappa shape index (κ3) is 3.79. The maximum Gasteiger partial charge on any atom is 0.308 e. The Bertz CT molecular complexity index is 622. The number of hydrazine groups is 1. The zero-order valence-corrected chi connectivity index (χ0v) is 15.1. The second-order valence-corrected chi connectivity index (χ2v) is 7.72. The molecule has 0 bridgehead atoms. The van der Waals surface area contributed by atoms with Crippen molar-refractivity contribution in [3.05, 3.63) is 34.3 Å². The lowest BCUT2D eigenvalue weighted by atomic mass is 9.90. The summed E-state index contributed by atoms with van der Waals surface area (Å²) in [7, 11) is 0. The summed E-state index contributed by atoms with van der Waals surface area (Å²) in [6.07, 6.45) is 1.29. The van der Waals surface area contributed by atoms with Crippen LogP contribution in [0.4, 0.5) is 0 Å². The lowest BCUT2D eigenvalue weighted by molar-refractivity contribution is -0.147. The minimum atomic E-state index is -0.815. The van der Waals surface area contributed by atoms with Gasteiger partial charge < -0.3 is 10.0 Å². The molecule has 7 heteroatoms. The van der Waals surface area contributed by atoms with Gasteiger partial charge in [-0.1, -0.05) is 35.0 Å². The molecule has 0 aromatic heterocycles. The van der Waals surface area contributed by atoms with Crippen LogP contribution in [0.25, 0.3) is 0 Å². The van der Waals surface area contributed by atoms with Crippen LogP contribution in [0.1, 0.15) is 31.4 Å². The molecule has 6 nitrogen and oxygen atoms in total. The van der Waals surface area contributed by atoms with Gasteiger partial charge in [0.05, 0.1) is 5.92 Å². The van der Waals surface area contributed by atoms with Gasteiger partial charge in [0.25, 0.3) is 0 Å². The quantitative estimate of drug-likeness (QED) is 0.728. The summed E-state index contributed by atoms with van der Waals surface area (Å²) < 4.78 is 1.02. The summed E-state index contributed by atoms with van der Waals surface area (Å²) in [5.41, 5.74) is 7.38. The fourth-order valence-corrected chi connectivity index (χ4v) is 3.83. The van der Waals surface area contributed by atoms with Gasteiger partial charge in [-0.2, -0.15) is 0 Å². The normalized spacial score (nSPS) is 30.3. The Hall–Kier alpha value is -1.44. The van der Waals surface area contributed by atoms with Gasteiger partial charge in [0.2, 0.25) is 5.91 Å². The summed E-state index contributed by atoms with van der Waals surface area (Å²) in [4.78, 5) is 25.8. The van der Waals surface area contributed by atoms with Crippen LogP contribution in [-0.4, -0.2) is 41.0 Å². The number of piperidine rings is 1. The van der Waals surface area contributed by atoms with Gasteiger partial charge in [-0.05, 0) is 36.5 Å². The van der Waals surface area contributed by atoms with E-state index in [1.807, 2.05) is 31.2 Å². The molecule has 1 aromatic carbocycles. The molecule has 3 N–H and O–H groups in total. The zero-order valence-electron chi connectivity index (χ0n) is 13.5. The highest BCUT2D eigenvalue weighted by atomic mass is 79.9. The number of carboxylic acids is 1. The number of benzene rings is 1. The van der Waals surface area contributed by atoms with Gasteiger partial charge >= 0.3 is 5.97 Å². The van der Waals surface area contributed by atoms with E-state index >= 15 is 0 Å². The van der Waals surface area contributed by atoms with Crippen LogP contribution < -0.4 is 10.9 Å². The molecular formula is C17H22BrN3O3. The van der Waals surface area contributed by atoms with Crippen LogP contribution in [0.15, 0.2) is 28.7 Å². The largest absolute Gasteiger partial charge is 0.481 e. The molecule has 2 fully saturated rings. The number of hydrogen-bond donors (Lipinski definition) is 3. The van der Waals surface area contributed by atoms with Crippen molar-refractivity contribution < 1.29 is 14.7 Å². The molecule has 130 valence electrons. The van der Waals surface area contributed by atoms with Gasteiger partial charge in [0.1, 0.15) is 6.04 Å². The standard InChI is InChI=1S/C17H22BrN3O3/c1-10-6-12(17(23)24)9-21(8-10)16(22)15-7-14(19-20-15)11-2-4-13(18)5-3-11/h2-5,10,12,14-15,19-20H,6-9H2,1H3,(H,23,24). The van der Waals surface area contributed by atoms with E-state index in [4.69, 9.17) is 0 Å². The van der Waals surface area contributed by atoms with Crippen LogP contribution in [0.5, 0.6) is 0 Å². The molecular weight excluding hydrogens is 374 g/mol. The molecule has 2 aliphatic rings. The van der Waals surface area contributed by atoms with Crippen molar-refractivity contribution >= 4 is 27.8 Å². The number of carbonyl (C=O) groups excluding carboxylic acids is 1. The fourth-order valence-electron chi connectivity index (χ4n) is 3.56. The molecule has 2 saturated heterocycles. The van der Waals surface area contributed by atoms with Crippen molar-refractivity contribution in [2.45, 2.75) is 31.8 Å². The van der Waals surface area contributed by atoms with Crippen molar-refractivity contribution in [3.63, 3.8) is 0 Å². The lowest BCUT2D eigenvalue weighted by Crippen LogP contribution is -2.51. The predicted molar refractivity (Wildman–Crippen MR) is 93.0 cm³/mol. The van der Waals surface area contributed by atoms with E-state index in [0.717, 1.165) is 10.0 Å². The number of carbonyl (C=O) groups is 2. The second-order valence-electron chi connectivity index (χ2n) is 6.80. The predicted octanol–water partition coefficient (Wildman–Crippen LogP) is 1.93. The number of amides is 1. The van der Waals surface area contributed by atoms with E-state index in [2.05, 4.69) is 26.8 Å². The Morgan fingerprint density at radius 2 is 1.88 bits per heavy atom. The van der Waals surface area contributed by atoms with E-state index in [1.54, 1.807) is 4.90 Å². The third-order valence-electron chi connectivity index (χ3n) is 4.79. The SMILES string of the molecule is CC1CC(C(=O)O)CN(C(=O)C2CC(c3ccc(Br)cc3)NN2)C1. The number of rotatable bonds is 3. The highest BCUT2D eigenvalue weighted by molar-refractivity contribution is 9.10. The maximum absolute atomic E-state index is 12.8. The number of halogens is 1. The summed E-state index contributed by atoms with van der Waals surface area (Å²) in [6, 6.07) is 7.77. The van der Waals surface area contributed by atoms with E-state index in [1.165, 1.54) is 0 Å². The monoisotopic (exact) mass is 395 g/mol. The molecule has 0 saturated carbocycles. The number of nitrogens with zero attached hydrogens (tertiary/aromatic N) is 1. The van der Waals surface area contributed by atoms with Crippen molar-refractivity contribution in [3.8, 4) is 0 Å². The molecule has 4 atom stereocenters. The van der Waals surface area contributed by atoms with E-state index in [0.29, 0.717) is 25.9 Å². The molecule has 4 unspecified atom stereocenters. The second kappa shape index (κ2) is 7.21. The van der Waals surface area contributed by atoms with Gasteiger partial charge in [-0.3, -0.25) is 9.59 Å². The van der Waals surface area contributed by atoms with Gasteiger partial charge in [0, 0.05) is 23.6 Å². The topological polar surface area (TPSA) is 81.7 Å². The highest BCUT2D eigenvalue weighted by Gasteiger charge is 2.37. The number of carboxylic acid groups (broad SMARTS) is 1. The van der Waals surface area contributed by atoms with Crippen LogP contribution in [0.3, 0.4) is 0 Å². The first kappa shape index (κ1) is 17.4. The highest BCUT2D eigenvalue weighted by Crippen LogP contribution is 2.27. The van der Waals surface area contributed by atoms with Crippen molar-refractivity contribution in [2.75, 3.05) is 13.1 Å². The van der Waals surface area contributed by atoms with Crippen LogP contribution in [0.2, 0.25) is 0 Å². The third-order valence-corrected chi connectivity index (χ3v) is 5.32. The smallest absolute Gasteiger partial charge is 0.308 e. The molecule has 3 rings (SSSR count). The Morgan fingerprint density at radius 3 is 2.54 bits per heavy atom. The number of nitrogens with one attached hydrogen (secondary N) is 2. The first-order valence-electron chi connectivity index (χ1n) is 8.22. The zero-order chi connectivity index (χ0) is 17.3. The van der Waals surface area contributed by atoms with Gasteiger partial charge in [-0.15, -0.1) is 0 Å². The average Bonchev–Trinajstić information content (AvgIpc) is 3.04. The number of aliphatic carboxylic acids is 1. The van der Waals surface area contributed by atoms with Crippen LogP contribution >= 0.6 is 15.9 Å². The number of likely N-dealkylation sites (tertiary alicyclic amines) is 1. The van der Waals surface area contributed by atoms with Crippen LogP contribution in [0, 0.1) is 11.8 Å². The van der Waals surface area contributed by atoms with Crippen LogP contribution in [-0.2, 0) is 9.59 Å². The van der Waals surface area contributed by atoms with Crippen molar-refractivity contribution in [1.29, 1.82) is 0 Å². The molecule has 2 aliphatic heterocycles. The summed E-state index contributed by atoms with van der Waals surface area (Å²) >= 11 is 3.42. The van der Waals surface area contributed by atoms with Gasteiger partial charge in [-0.25, -0.2) is 10.9 Å². The fraction of sp³-hybridized carbons (Fsp3) is 0.529. The maximum atomic E-state index is 12.8. The summed E-state index contributed by atoms with van der Waals surface area (Å²) in [5.74, 6) is -1.08. The summed E-state index contributed by atoms with van der Waals surface area (Å²) in [5, 5.41) is 9.26. The number of hydrogen-bond acceptors (Lipinski definition) is 4. The van der Waals surface area contributed by atoms with E-state index in [-0.39, 0.29) is 23.9 Å². The molecule has 1 aromatic rings. The first-order valence-corrected chi connectivity index (χ1v) is 9.01. The Kier molecular flexibility index (Phi) is 5.22. The molecule has 2 heterocycles.